The maximum Gasteiger partial charge on any atom is 0.414 e. The largest absolute Gasteiger partial charge is 0.414 e. The Labute approximate surface area is 187 Å². The van der Waals surface area contributed by atoms with Crippen LogP contribution in [0.25, 0.3) is 0 Å². The number of halogens is 5. The molecule has 0 aliphatic carbocycles. The van der Waals surface area contributed by atoms with E-state index in [9.17, 15) is 22.0 Å². The Morgan fingerprint density at radius 2 is 2.00 bits per heavy atom. The number of ether oxygens (including phenoxy) is 1. The summed E-state index contributed by atoms with van der Waals surface area (Å²) in [5.74, 6) is -0.823. The maximum atomic E-state index is 14.2. The van der Waals surface area contributed by atoms with Gasteiger partial charge >= 0.3 is 6.18 Å². The standard InChI is InChI=1S/C22H24F5N5O/c1-30-18-5-7-31(10-15(18)21-29-6-4-19(32(21)30)22(25,26)27)13-9-17(28)20(33-11-13)14-8-12(23)2-3-16(14)24/h2-4,6,8,13,17,19-20H,5,7,9-11,28H2,1H3/t13-,17+,19?,20-/m1/s1. The second kappa shape index (κ2) is 8.07. The van der Waals surface area contributed by atoms with Crippen molar-refractivity contribution in [3.8, 4) is 0 Å². The van der Waals surface area contributed by atoms with E-state index in [0.717, 1.165) is 35.5 Å². The first kappa shape index (κ1) is 22.3. The van der Waals surface area contributed by atoms with E-state index in [-0.39, 0.29) is 18.2 Å². The van der Waals surface area contributed by atoms with E-state index in [1.807, 2.05) is 0 Å². The zero-order chi connectivity index (χ0) is 23.5. The van der Waals surface area contributed by atoms with Gasteiger partial charge in [-0.3, -0.25) is 14.9 Å². The molecule has 2 N–H and O–H groups in total. The lowest BCUT2D eigenvalue weighted by molar-refractivity contribution is -0.180. The summed E-state index contributed by atoms with van der Waals surface area (Å²) in [6.45, 7) is 1.29. The average molecular weight is 469 g/mol. The molecule has 4 aliphatic rings. The van der Waals surface area contributed by atoms with Crippen molar-refractivity contribution in [1.82, 2.24) is 14.9 Å². The number of nitrogens with two attached hydrogens (primary N) is 1. The lowest BCUT2D eigenvalue weighted by Crippen LogP contribution is -2.52. The van der Waals surface area contributed by atoms with Gasteiger partial charge in [-0.1, -0.05) is 0 Å². The molecule has 1 aromatic carbocycles. The number of alkyl halides is 3. The van der Waals surface area contributed by atoms with Crippen LogP contribution in [0.3, 0.4) is 0 Å². The first-order valence-electron chi connectivity index (χ1n) is 10.8. The van der Waals surface area contributed by atoms with E-state index in [1.165, 1.54) is 11.2 Å². The van der Waals surface area contributed by atoms with Gasteiger partial charge in [-0.25, -0.2) is 13.8 Å². The Morgan fingerprint density at radius 3 is 2.73 bits per heavy atom. The van der Waals surface area contributed by atoms with Crippen LogP contribution in [-0.2, 0) is 4.74 Å². The van der Waals surface area contributed by atoms with Gasteiger partial charge in [-0.15, -0.1) is 0 Å². The predicted octanol–water partition coefficient (Wildman–Crippen LogP) is 3.10. The third kappa shape index (κ3) is 3.81. The molecule has 1 saturated heterocycles. The molecule has 178 valence electrons. The summed E-state index contributed by atoms with van der Waals surface area (Å²) < 4.78 is 74.5. The summed E-state index contributed by atoms with van der Waals surface area (Å²) in [4.78, 5) is 6.38. The molecule has 11 heteroatoms. The van der Waals surface area contributed by atoms with E-state index in [2.05, 4.69) is 9.89 Å². The van der Waals surface area contributed by atoms with Gasteiger partial charge < -0.3 is 10.5 Å². The van der Waals surface area contributed by atoms with Crippen molar-refractivity contribution >= 4 is 5.84 Å². The van der Waals surface area contributed by atoms with E-state index in [1.54, 1.807) is 12.1 Å². The SMILES string of the molecule is CN1C2=C(CN([C@H]3CO[C@H](c4cc(F)ccc4F)[C@@H](N)C3)CC2)C2=NC=CC(C(F)(F)F)N21. The van der Waals surface area contributed by atoms with Crippen LogP contribution in [0.2, 0.25) is 0 Å². The predicted molar refractivity (Wildman–Crippen MR) is 111 cm³/mol. The molecule has 6 nitrogen and oxygen atoms in total. The molecule has 5 rings (SSSR count). The number of hydrogen-bond acceptors (Lipinski definition) is 6. The van der Waals surface area contributed by atoms with E-state index >= 15 is 0 Å². The van der Waals surface area contributed by atoms with Gasteiger partial charge in [0.05, 0.1) is 6.61 Å². The van der Waals surface area contributed by atoms with Crippen molar-refractivity contribution in [3.05, 3.63) is 58.9 Å². The molecule has 33 heavy (non-hydrogen) atoms. The summed E-state index contributed by atoms with van der Waals surface area (Å²) in [7, 11) is 1.63. The molecule has 4 atom stereocenters. The van der Waals surface area contributed by atoms with Crippen molar-refractivity contribution in [3.63, 3.8) is 0 Å². The van der Waals surface area contributed by atoms with Crippen LogP contribution in [0.1, 0.15) is 24.5 Å². The maximum absolute atomic E-state index is 14.2. The molecule has 0 aromatic heterocycles. The normalized spacial score (nSPS) is 30.5. The lowest BCUT2D eigenvalue weighted by atomic mass is 9.92. The zero-order valence-electron chi connectivity index (χ0n) is 17.9. The Kier molecular flexibility index (Phi) is 5.45. The van der Waals surface area contributed by atoms with E-state index < -0.39 is 36.0 Å². The molecule has 0 bridgehead atoms. The number of hydrazine groups is 1. The fraction of sp³-hybridized carbons (Fsp3) is 0.500. The van der Waals surface area contributed by atoms with Crippen molar-refractivity contribution in [2.24, 2.45) is 10.7 Å². The van der Waals surface area contributed by atoms with Gasteiger partial charge in [-0.05, 0) is 30.7 Å². The summed E-state index contributed by atoms with van der Waals surface area (Å²) in [6, 6.07) is 0.794. The van der Waals surface area contributed by atoms with Gasteiger partial charge in [0, 0.05) is 61.7 Å². The van der Waals surface area contributed by atoms with Crippen LogP contribution < -0.4 is 5.73 Å². The monoisotopic (exact) mass is 469 g/mol. The molecule has 1 fully saturated rings. The minimum Gasteiger partial charge on any atom is -0.370 e. The fourth-order valence-corrected chi connectivity index (χ4v) is 5.18. The number of fused-ring (bicyclic) bond motifs is 2. The Bertz CT molecular complexity index is 1040. The van der Waals surface area contributed by atoms with E-state index in [4.69, 9.17) is 10.5 Å². The second-order valence-corrected chi connectivity index (χ2v) is 8.77. The fourth-order valence-electron chi connectivity index (χ4n) is 5.18. The molecule has 0 saturated carbocycles. The molecular formula is C22H24F5N5O. The molecule has 1 aromatic rings. The van der Waals surface area contributed by atoms with Crippen molar-refractivity contribution in [2.45, 2.75) is 43.2 Å². The minimum atomic E-state index is -4.43. The van der Waals surface area contributed by atoms with Crippen LogP contribution in [0, 0.1) is 11.6 Å². The average Bonchev–Trinajstić information content (AvgIpc) is 3.06. The van der Waals surface area contributed by atoms with Crippen molar-refractivity contribution in [1.29, 1.82) is 0 Å². The summed E-state index contributed by atoms with van der Waals surface area (Å²) in [6.07, 6.45) is -1.88. The molecule has 4 aliphatic heterocycles. The topological polar surface area (TPSA) is 57.3 Å². The Balaban J connectivity index is 1.31. The molecule has 0 spiro atoms. The summed E-state index contributed by atoms with van der Waals surface area (Å²) in [5, 5.41) is 2.75. The van der Waals surface area contributed by atoms with Gasteiger partial charge in [0.25, 0.3) is 0 Å². The Hall–Kier alpha value is -2.50. The highest BCUT2D eigenvalue weighted by atomic mass is 19.4. The molecule has 1 unspecified atom stereocenters. The number of amidine groups is 1. The van der Waals surface area contributed by atoms with E-state index in [0.29, 0.717) is 31.8 Å². The Morgan fingerprint density at radius 1 is 1.21 bits per heavy atom. The zero-order valence-corrected chi connectivity index (χ0v) is 17.9. The third-order valence-electron chi connectivity index (χ3n) is 6.79. The van der Waals surface area contributed by atoms with Gasteiger partial charge in [0.1, 0.15) is 17.7 Å². The molecular weight excluding hydrogens is 445 g/mol. The van der Waals surface area contributed by atoms with Crippen molar-refractivity contribution in [2.75, 3.05) is 26.7 Å². The molecule has 0 radical (unpaired) electrons. The highest BCUT2D eigenvalue weighted by molar-refractivity contribution is 6.02. The number of hydrogen-bond donors (Lipinski definition) is 1. The number of rotatable bonds is 2. The highest BCUT2D eigenvalue weighted by Crippen LogP contribution is 2.40. The quantitative estimate of drug-likeness (QED) is 0.675. The number of benzene rings is 1. The van der Waals surface area contributed by atoms with Gasteiger partial charge in [0.2, 0.25) is 0 Å². The van der Waals surface area contributed by atoms with Crippen LogP contribution in [0.5, 0.6) is 0 Å². The number of nitrogens with zero attached hydrogens (tertiary/aromatic N) is 4. The van der Waals surface area contributed by atoms with Crippen LogP contribution >= 0.6 is 0 Å². The van der Waals surface area contributed by atoms with Crippen molar-refractivity contribution < 1.29 is 26.7 Å². The van der Waals surface area contributed by atoms with Crippen LogP contribution in [-0.4, -0.2) is 71.8 Å². The third-order valence-corrected chi connectivity index (χ3v) is 6.79. The second-order valence-electron chi connectivity index (χ2n) is 8.77. The lowest BCUT2D eigenvalue weighted by Gasteiger charge is -2.41. The van der Waals surface area contributed by atoms with Crippen LogP contribution in [0.4, 0.5) is 22.0 Å². The van der Waals surface area contributed by atoms with Crippen LogP contribution in [0.15, 0.2) is 46.7 Å². The smallest absolute Gasteiger partial charge is 0.370 e. The highest BCUT2D eigenvalue weighted by Gasteiger charge is 2.51. The first-order chi connectivity index (χ1) is 15.6. The first-order valence-corrected chi connectivity index (χ1v) is 10.8. The summed E-state index contributed by atoms with van der Waals surface area (Å²) >= 11 is 0. The van der Waals surface area contributed by atoms with Gasteiger partial charge in [-0.2, -0.15) is 13.2 Å². The molecule has 4 heterocycles. The summed E-state index contributed by atoms with van der Waals surface area (Å²) in [5.41, 5.74) is 7.98. The number of aliphatic imine (C=N–C) groups is 1. The minimum absolute atomic E-state index is 0.0965. The van der Waals surface area contributed by atoms with Gasteiger partial charge in [0.15, 0.2) is 11.9 Å². The molecule has 0 amide bonds.